The van der Waals surface area contributed by atoms with Gasteiger partial charge in [0.15, 0.2) is 5.11 Å². The van der Waals surface area contributed by atoms with Crippen molar-refractivity contribution in [3.63, 3.8) is 0 Å². The molecule has 1 N–H and O–H groups in total. The van der Waals surface area contributed by atoms with E-state index in [1.807, 2.05) is 4.90 Å². The van der Waals surface area contributed by atoms with E-state index in [-0.39, 0.29) is 11.8 Å². The van der Waals surface area contributed by atoms with Crippen LogP contribution in [0.15, 0.2) is 24.3 Å². The molecule has 0 unspecified atom stereocenters. The third-order valence-electron chi connectivity index (χ3n) is 3.57. The summed E-state index contributed by atoms with van der Waals surface area (Å²) in [7, 11) is 0. The molecule has 0 spiro atoms. The Balaban J connectivity index is 1.96. The molecule has 0 bridgehead atoms. The normalized spacial score (nSPS) is 15.2. The van der Waals surface area contributed by atoms with Gasteiger partial charge in [0.2, 0.25) is 5.91 Å². The van der Waals surface area contributed by atoms with E-state index >= 15 is 0 Å². The maximum Gasteiger partial charge on any atom is 0.258 e. The predicted octanol–water partition coefficient (Wildman–Crippen LogP) is 1.91. The number of carbonyl (C=O) groups is 2. The zero-order chi connectivity index (χ0) is 16.1. The number of halogens is 1. The Labute approximate surface area is 140 Å². The molecule has 118 valence electrons. The Morgan fingerprint density at radius 2 is 1.77 bits per heavy atom. The first-order chi connectivity index (χ1) is 10.5. The van der Waals surface area contributed by atoms with E-state index in [2.05, 4.69) is 5.32 Å². The minimum absolute atomic E-state index is 0.0628. The van der Waals surface area contributed by atoms with Crippen molar-refractivity contribution in [2.45, 2.75) is 13.3 Å². The third kappa shape index (κ3) is 4.18. The molecule has 1 aromatic carbocycles. The highest BCUT2D eigenvalue weighted by atomic mass is 35.5. The average molecular weight is 340 g/mol. The molecule has 0 atom stereocenters. The van der Waals surface area contributed by atoms with Crippen molar-refractivity contribution in [1.29, 1.82) is 0 Å². The summed E-state index contributed by atoms with van der Waals surface area (Å²) in [4.78, 5) is 27.3. The van der Waals surface area contributed by atoms with Gasteiger partial charge < -0.3 is 9.80 Å². The second-order valence-electron chi connectivity index (χ2n) is 5.09. The number of amides is 2. The van der Waals surface area contributed by atoms with E-state index in [9.17, 15) is 9.59 Å². The lowest BCUT2D eigenvalue weighted by Crippen LogP contribution is -2.44. The Morgan fingerprint density at radius 3 is 2.45 bits per heavy atom. The highest BCUT2D eigenvalue weighted by Crippen LogP contribution is 2.14. The number of nitrogens with zero attached hydrogens (tertiary/aromatic N) is 2. The van der Waals surface area contributed by atoms with Crippen LogP contribution in [0.2, 0.25) is 5.02 Å². The van der Waals surface area contributed by atoms with E-state index in [0.29, 0.717) is 41.9 Å². The van der Waals surface area contributed by atoms with Crippen molar-refractivity contribution >= 4 is 40.7 Å². The second kappa shape index (κ2) is 7.56. The smallest absolute Gasteiger partial charge is 0.258 e. The van der Waals surface area contributed by atoms with Gasteiger partial charge in [-0.3, -0.25) is 14.9 Å². The highest BCUT2D eigenvalue weighted by molar-refractivity contribution is 7.80. The fraction of sp³-hybridized carbons (Fsp3) is 0.400. The SMILES string of the molecule is CC(=O)N1CCCN(C(=S)NC(=O)c2ccccc2Cl)CC1. The van der Waals surface area contributed by atoms with Gasteiger partial charge >= 0.3 is 0 Å². The van der Waals surface area contributed by atoms with Crippen LogP contribution in [-0.2, 0) is 4.79 Å². The lowest BCUT2D eigenvalue weighted by atomic mass is 10.2. The van der Waals surface area contributed by atoms with Crippen molar-refractivity contribution in [1.82, 2.24) is 15.1 Å². The van der Waals surface area contributed by atoms with Crippen LogP contribution in [0, 0.1) is 0 Å². The molecule has 1 heterocycles. The molecule has 0 aromatic heterocycles. The molecular formula is C15H18ClN3O2S. The van der Waals surface area contributed by atoms with Crippen LogP contribution in [0.4, 0.5) is 0 Å². The molecule has 1 aliphatic rings. The number of carbonyl (C=O) groups excluding carboxylic acids is 2. The average Bonchev–Trinajstić information content (AvgIpc) is 2.73. The number of rotatable bonds is 1. The van der Waals surface area contributed by atoms with Gasteiger partial charge in [-0.05, 0) is 30.8 Å². The zero-order valence-corrected chi connectivity index (χ0v) is 13.9. The standard InChI is InChI=1S/C15H18ClN3O2S/c1-11(20)18-7-4-8-19(10-9-18)15(22)17-14(21)12-5-2-3-6-13(12)16/h2-3,5-6H,4,7-10H2,1H3,(H,17,21,22). The van der Waals surface area contributed by atoms with E-state index in [1.54, 1.807) is 36.1 Å². The topological polar surface area (TPSA) is 52.7 Å². The molecule has 0 aliphatic carbocycles. The molecule has 1 saturated heterocycles. The van der Waals surface area contributed by atoms with Crippen molar-refractivity contribution < 1.29 is 9.59 Å². The number of hydrogen-bond donors (Lipinski definition) is 1. The minimum atomic E-state index is -0.316. The number of hydrogen-bond acceptors (Lipinski definition) is 3. The molecule has 0 radical (unpaired) electrons. The monoisotopic (exact) mass is 339 g/mol. The second-order valence-corrected chi connectivity index (χ2v) is 5.88. The molecule has 0 saturated carbocycles. The largest absolute Gasteiger partial charge is 0.347 e. The molecule has 2 rings (SSSR count). The maximum atomic E-state index is 12.2. The van der Waals surface area contributed by atoms with Crippen LogP contribution in [0.25, 0.3) is 0 Å². The number of benzene rings is 1. The van der Waals surface area contributed by atoms with Crippen molar-refractivity contribution in [2.24, 2.45) is 0 Å². The summed E-state index contributed by atoms with van der Waals surface area (Å²) in [6.45, 7) is 4.21. The first-order valence-electron chi connectivity index (χ1n) is 7.09. The summed E-state index contributed by atoms with van der Waals surface area (Å²) in [5, 5.41) is 3.47. The van der Waals surface area contributed by atoms with Crippen LogP contribution in [0.5, 0.6) is 0 Å². The molecule has 2 amide bonds. The summed E-state index contributed by atoms with van der Waals surface area (Å²) in [6.07, 6.45) is 0.821. The zero-order valence-electron chi connectivity index (χ0n) is 12.3. The van der Waals surface area contributed by atoms with Gasteiger partial charge in [-0.25, -0.2) is 0 Å². The predicted molar refractivity (Wildman–Crippen MR) is 90.0 cm³/mol. The minimum Gasteiger partial charge on any atom is -0.347 e. The van der Waals surface area contributed by atoms with Crippen molar-refractivity contribution in [3.8, 4) is 0 Å². The van der Waals surface area contributed by atoms with Crippen molar-refractivity contribution in [3.05, 3.63) is 34.9 Å². The Bertz CT molecular complexity index is 594. The van der Waals surface area contributed by atoms with Gasteiger partial charge in [-0.15, -0.1) is 0 Å². The molecule has 1 aliphatic heterocycles. The van der Waals surface area contributed by atoms with Crippen LogP contribution >= 0.6 is 23.8 Å². The quantitative estimate of drug-likeness (QED) is 0.794. The molecule has 1 fully saturated rings. The lowest BCUT2D eigenvalue weighted by molar-refractivity contribution is -0.128. The summed E-state index contributed by atoms with van der Waals surface area (Å²) >= 11 is 11.3. The van der Waals surface area contributed by atoms with E-state index in [0.717, 1.165) is 6.42 Å². The third-order valence-corrected chi connectivity index (χ3v) is 4.26. The summed E-state index contributed by atoms with van der Waals surface area (Å²) in [6, 6.07) is 6.83. The number of nitrogens with one attached hydrogen (secondary N) is 1. The van der Waals surface area contributed by atoms with Gasteiger partial charge in [0, 0.05) is 33.1 Å². The highest BCUT2D eigenvalue weighted by Gasteiger charge is 2.20. The van der Waals surface area contributed by atoms with Crippen molar-refractivity contribution in [2.75, 3.05) is 26.2 Å². The van der Waals surface area contributed by atoms with Crippen LogP contribution < -0.4 is 5.32 Å². The lowest BCUT2D eigenvalue weighted by Gasteiger charge is -2.24. The first kappa shape index (κ1) is 16.7. The van der Waals surface area contributed by atoms with Crippen LogP contribution in [-0.4, -0.2) is 52.9 Å². The van der Waals surface area contributed by atoms with E-state index in [4.69, 9.17) is 23.8 Å². The fourth-order valence-corrected chi connectivity index (χ4v) is 2.82. The maximum absolute atomic E-state index is 12.2. The van der Waals surface area contributed by atoms with Crippen LogP contribution in [0.1, 0.15) is 23.7 Å². The van der Waals surface area contributed by atoms with Crippen LogP contribution in [0.3, 0.4) is 0 Å². The number of thiocarbonyl (C=S) groups is 1. The van der Waals surface area contributed by atoms with Gasteiger partial charge in [-0.2, -0.15) is 0 Å². The first-order valence-corrected chi connectivity index (χ1v) is 7.88. The Hall–Kier alpha value is -1.66. The van der Waals surface area contributed by atoms with E-state index < -0.39 is 0 Å². The molecule has 22 heavy (non-hydrogen) atoms. The van der Waals surface area contributed by atoms with Gasteiger partial charge in [0.25, 0.3) is 5.91 Å². The Morgan fingerprint density at radius 1 is 1.14 bits per heavy atom. The summed E-state index contributed by atoms with van der Waals surface area (Å²) in [5.41, 5.74) is 0.395. The molecule has 5 nitrogen and oxygen atoms in total. The van der Waals surface area contributed by atoms with Gasteiger partial charge in [0.1, 0.15) is 0 Å². The molecule has 7 heteroatoms. The summed E-state index contributed by atoms with van der Waals surface area (Å²) < 4.78 is 0. The Kier molecular flexibility index (Phi) is 5.74. The fourth-order valence-electron chi connectivity index (χ4n) is 2.32. The van der Waals surface area contributed by atoms with Gasteiger partial charge in [0.05, 0.1) is 10.6 Å². The van der Waals surface area contributed by atoms with Gasteiger partial charge in [-0.1, -0.05) is 23.7 Å². The van der Waals surface area contributed by atoms with E-state index in [1.165, 1.54) is 0 Å². The molecule has 1 aromatic rings. The summed E-state index contributed by atoms with van der Waals surface area (Å²) in [5.74, 6) is -0.254. The molecular weight excluding hydrogens is 322 g/mol.